The molecule has 1 heterocycles. The molecule has 1 N–H and O–H groups in total. The zero-order valence-electron chi connectivity index (χ0n) is 10.3. The van der Waals surface area contributed by atoms with Gasteiger partial charge in [0.2, 0.25) is 0 Å². The number of hydrogen-bond donors (Lipinski definition) is 1. The maximum atomic E-state index is 10.1. The van der Waals surface area contributed by atoms with Crippen molar-refractivity contribution >= 4 is 5.69 Å². The van der Waals surface area contributed by atoms with Crippen molar-refractivity contribution in [2.45, 2.75) is 50.7 Å². The van der Waals surface area contributed by atoms with E-state index in [4.69, 9.17) is 0 Å². The molecule has 92 valence electrons. The van der Waals surface area contributed by atoms with Crippen LogP contribution in [0.15, 0.2) is 24.3 Å². The average molecular weight is 231 g/mol. The van der Waals surface area contributed by atoms with Crippen LogP contribution in [-0.4, -0.2) is 23.8 Å². The molecule has 2 aliphatic rings. The van der Waals surface area contributed by atoms with Crippen molar-refractivity contribution in [3.8, 4) is 0 Å². The predicted molar refractivity (Wildman–Crippen MR) is 70.4 cm³/mol. The van der Waals surface area contributed by atoms with E-state index in [1.165, 1.54) is 36.9 Å². The van der Waals surface area contributed by atoms with Gasteiger partial charge >= 0.3 is 0 Å². The van der Waals surface area contributed by atoms with Crippen LogP contribution in [0.25, 0.3) is 0 Å². The third-order valence-electron chi connectivity index (χ3n) is 4.24. The Balaban J connectivity index is 1.93. The molecule has 0 unspecified atom stereocenters. The molecular formula is C15H21NO. The molecule has 17 heavy (non-hydrogen) atoms. The van der Waals surface area contributed by atoms with Gasteiger partial charge in [-0.05, 0) is 50.2 Å². The third-order valence-corrected chi connectivity index (χ3v) is 4.24. The molecular weight excluding hydrogens is 210 g/mol. The Hall–Kier alpha value is -1.02. The molecule has 1 aliphatic carbocycles. The quantitative estimate of drug-likeness (QED) is 0.803. The number of rotatable bonds is 1. The number of aliphatic hydroxyl groups is 1. The number of para-hydroxylation sites is 1. The van der Waals surface area contributed by atoms with E-state index < -0.39 is 0 Å². The molecule has 1 fully saturated rings. The summed E-state index contributed by atoms with van der Waals surface area (Å²) in [6.07, 6.45) is 6.88. The Morgan fingerprint density at radius 2 is 1.94 bits per heavy atom. The molecule has 0 radical (unpaired) electrons. The molecule has 0 bridgehead atoms. The Morgan fingerprint density at radius 1 is 1.06 bits per heavy atom. The zero-order chi connectivity index (χ0) is 11.7. The van der Waals surface area contributed by atoms with Crippen molar-refractivity contribution in [2.75, 3.05) is 11.4 Å². The fourth-order valence-corrected chi connectivity index (χ4v) is 3.35. The summed E-state index contributed by atoms with van der Waals surface area (Å²) in [5, 5.41) is 10.1. The van der Waals surface area contributed by atoms with E-state index in [0.29, 0.717) is 6.04 Å². The third kappa shape index (κ3) is 2.06. The Kier molecular flexibility index (Phi) is 3.06. The first-order valence-electron chi connectivity index (χ1n) is 6.89. The molecule has 0 spiro atoms. The molecule has 0 aromatic heterocycles. The highest BCUT2D eigenvalue weighted by atomic mass is 16.3. The zero-order valence-corrected chi connectivity index (χ0v) is 10.3. The number of fused-ring (bicyclic) bond motifs is 1. The van der Waals surface area contributed by atoms with E-state index in [9.17, 15) is 5.11 Å². The minimum atomic E-state index is -0.124. The SMILES string of the molecule is O[C@@H]1CCC[C@H]1N1CCCCc2ccccc21. The van der Waals surface area contributed by atoms with Gasteiger partial charge in [0.1, 0.15) is 0 Å². The lowest BCUT2D eigenvalue weighted by Crippen LogP contribution is -2.41. The molecule has 0 saturated heterocycles. The topological polar surface area (TPSA) is 23.5 Å². The van der Waals surface area contributed by atoms with E-state index in [1.807, 2.05) is 0 Å². The van der Waals surface area contributed by atoms with Gasteiger partial charge in [-0.2, -0.15) is 0 Å². The van der Waals surface area contributed by atoms with E-state index in [2.05, 4.69) is 29.2 Å². The summed E-state index contributed by atoms with van der Waals surface area (Å²) >= 11 is 0. The van der Waals surface area contributed by atoms with Gasteiger partial charge in [0.25, 0.3) is 0 Å². The Bertz CT molecular complexity index is 390. The van der Waals surface area contributed by atoms with Crippen LogP contribution in [0.2, 0.25) is 0 Å². The molecule has 2 atom stereocenters. The molecule has 1 saturated carbocycles. The van der Waals surface area contributed by atoms with Crippen molar-refractivity contribution in [2.24, 2.45) is 0 Å². The van der Waals surface area contributed by atoms with Crippen molar-refractivity contribution < 1.29 is 5.11 Å². The van der Waals surface area contributed by atoms with Crippen LogP contribution in [0.3, 0.4) is 0 Å². The van der Waals surface area contributed by atoms with Gasteiger partial charge in [-0.15, -0.1) is 0 Å². The molecule has 1 aliphatic heterocycles. The Labute approximate surface area is 103 Å². The summed E-state index contributed by atoms with van der Waals surface area (Å²) in [7, 11) is 0. The summed E-state index contributed by atoms with van der Waals surface area (Å²) in [6, 6.07) is 9.08. The van der Waals surface area contributed by atoms with Crippen LogP contribution in [0.5, 0.6) is 0 Å². The number of anilines is 1. The first kappa shape index (κ1) is 11.1. The lowest BCUT2D eigenvalue weighted by atomic mass is 10.1. The summed E-state index contributed by atoms with van der Waals surface area (Å²) in [5.74, 6) is 0. The van der Waals surface area contributed by atoms with E-state index in [-0.39, 0.29) is 6.10 Å². The van der Waals surface area contributed by atoms with Gasteiger partial charge in [0.15, 0.2) is 0 Å². The van der Waals surface area contributed by atoms with Crippen LogP contribution >= 0.6 is 0 Å². The minimum absolute atomic E-state index is 0.124. The maximum Gasteiger partial charge on any atom is 0.0743 e. The van der Waals surface area contributed by atoms with Crippen LogP contribution in [0.4, 0.5) is 5.69 Å². The smallest absolute Gasteiger partial charge is 0.0743 e. The van der Waals surface area contributed by atoms with Gasteiger partial charge in [0, 0.05) is 12.2 Å². The van der Waals surface area contributed by atoms with Crippen LogP contribution in [0, 0.1) is 0 Å². The van der Waals surface area contributed by atoms with Gasteiger partial charge in [0.05, 0.1) is 12.1 Å². The highest BCUT2D eigenvalue weighted by molar-refractivity contribution is 5.55. The maximum absolute atomic E-state index is 10.1. The predicted octanol–water partition coefficient (Wildman–Crippen LogP) is 2.74. The molecule has 1 aromatic carbocycles. The van der Waals surface area contributed by atoms with E-state index in [0.717, 1.165) is 19.4 Å². The molecule has 1 aromatic rings. The number of aliphatic hydroxyl groups excluding tert-OH is 1. The first-order chi connectivity index (χ1) is 8.36. The summed E-state index contributed by atoms with van der Waals surface area (Å²) in [6.45, 7) is 1.11. The molecule has 0 amide bonds. The normalized spacial score (nSPS) is 28.9. The van der Waals surface area contributed by atoms with Gasteiger partial charge in [-0.25, -0.2) is 0 Å². The van der Waals surface area contributed by atoms with Crippen LogP contribution in [-0.2, 0) is 6.42 Å². The van der Waals surface area contributed by atoms with Crippen LogP contribution < -0.4 is 4.90 Å². The van der Waals surface area contributed by atoms with Crippen molar-refractivity contribution in [3.63, 3.8) is 0 Å². The van der Waals surface area contributed by atoms with Gasteiger partial charge in [-0.1, -0.05) is 18.2 Å². The fraction of sp³-hybridized carbons (Fsp3) is 0.600. The summed E-state index contributed by atoms with van der Waals surface area (Å²) in [4.78, 5) is 2.47. The number of nitrogens with zero attached hydrogens (tertiary/aromatic N) is 1. The Morgan fingerprint density at radius 3 is 2.76 bits per heavy atom. The summed E-state index contributed by atoms with van der Waals surface area (Å²) < 4.78 is 0. The highest BCUT2D eigenvalue weighted by Crippen LogP contribution is 2.33. The van der Waals surface area contributed by atoms with Crippen molar-refractivity contribution in [3.05, 3.63) is 29.8 Å². The number of hydrogen-bond acceptors (Lipinski definition) is 2. The lowest BCUT2D eigenvalue weighted by Gasteiger charge is -2.33. The number of aryl methyl sites for hydroxylation is 1. The second-order valence-electron chi connectivity index (χ2n) is 5.34. The number of benzene rings is 1. The largest absolute Gasteiger partial charge is 0.391 e. The van der Waals surface area contributed by atoms with Gasteiger partial charge in [-0.3, -0.25) is 0 Å². The van der Waals surface area contributed by atoms with Gasteiger partial charge < -0.3 is 10.0 Å². The second-order valence-corrected chi connectivity index (χ2v) is 5.34. The monoisotopic (exact) mass is 231 g/mol. The van der Waals surface area contributed by atoms with Crippen molar-refractivity contribution in [1.29, 1.82) is 0 Å². The van der Waals surface area contributed by atoms with Crippen molar-refractivity contribution in [1.82, 2.24) is 0 Å². The molecule has 3 rings (SSSR count). The standard InChI is InChI=1S/C15H21NO/c17-15-10-5-9-14(15)16-11-4-3-7-12-6-1-2-8-13(12)16/h1-2,6,8,14-15,17H,3-5,7,9-11H2/t14-,15-/m1/s1. The van der Waals surface area contributed by atoms with E-state index >= 15 is 0 Å². The molecule has 2 heteroatoms. The fourth-order valence-electron chi connectivity index (χ4n) is 3.35. The summed E-state index contributed by atoms with van der Waals surface area (Å²) in [5.41, 5.74) is 2.83. The van der Waals surface area contributed by atoms with Crippen LogP contribution in [0.1, 0.15) is 37.7 Å². The minimum Gasteiger partial charge on any atom is -0.391 e. The molecule has 2 nitrogen and oxygen atoms in total. The lowest BCUT2D eigenvalue weighted by molar-refractivity contribution is 0.161. The van der Waals surface area contributed by atoms with E-state index in [1.54, 1.807) is 0 Å². The first-order valence-corrected chi connectivity index (χ1v) is 6.89. The average Bonchev–Trinajstić information content (AvgIpc) is 2.66. The highest BCUT2D eigenvalue weighted by Gasteiger charge is 2.32. The second kappa shape index (κ2) is 4.69.